The van der Waals surface area contributed by atoms with Crippen LogP contribution in [0.5, 0.6) is 5.75 Å². The van der Waals surface area contributed by atoms with Gasteiger partial charge >= 0.3 is 5.97 Å². The number of nitrogens with two attached hydrogens (primary N) is 1. The Bertz CT molecular complexity index is 748. The topological polar surface area (TPSA) is 108 Å². The van der Waals surface area contributed by atoms with Crippen LogP contribution in [0, 0.1) is 5.41 Å². The fourth-order valence-corrected chi connectivity index (χ4v) is 2.74. The number of rotatable bonds is 9. The molecule has 0 bridgehead atoms. The van der Waals surface area contributed by atoms with Crippen LogP contribution in [0.15, 0.2) is 42.5 Å². The van der Waals surface area contributed by atoms with Crippen LogP contribution in [0.3, 0.4) is 0 Å². The third-order valence-electron chi connectivity index (χ3n) is 3.93. The van der Waals surface area contributed by atoms with Crippen LogP contribution in [0.2, 0.25) is 0 Å². The van der Waals surface area contributed by atoms with E-state index in [0.29, 0.717) is 29.2 Å². The van der Waals surface area contributed by atoms with Crippen molar-refractivity contribution in [2.24, 2.45) is 5.73 Å². The molecule has 0 aliphatic rings. The van der Waals surface area contributed by atoms with Crippen LogP contribution >= 0.6 is 0 Å². The minimum atomic E-state index is -0.975. The van der Waals surface area contributed by atoms with E-state index < -0.39 is 12.0 Å². The Morgan fingerprint density at radius 2 is 1.92 bits per heavy atom. The molecule has 0 amide bonds. The number of anilines is 1. The maximum Gasteiger partial charge on any atom is 0.330 e. The van der Waals surface area contributed by atoms with Crippen LogP contribution in [0.25, 0.3) is 0 Å². The molecule has 2 aromatic carbocycles. The molecule has 26 heavy (non-hydrogen) atoms. The molecule has 6 nitrogen and oxygen atoms in total. The van der Waals surface area contributed by atoms with Crippen LogP contribution < -0.4 is 15.8 Å². The number of aryl methyl sites for hydroxylation is 1. The third kappa shape index (κ3) is 4.99. The molecule has 0 aliphatic carbocycles. The zero-order valence-corrected chi connectivity index (χ0v) is 15.1. The number of amidine groups is 1. The van der Waals surface area contributed by atoms with Crippen molar-refractivity contribution in [2.75, 3.05) is 11.9 Å². The van der Waals surface area contributed by atoms with E-state index in [1.807, 2.05) is 19.1 Å². The van der Waals surface area contributed by atoms with Gasteiger partial charge in [0, 0.05) is 11.3 Å². The van der Waals surface area contributed by atoms with Gasteiger partial charge in [0.1, 0.15) is 11.6 Å². The Morgan fingerprint density at radius 1 is 1.23 bits per heavy atom. The highest BCUT2D eigenvalue weighted by atomic mass is 16.5. The Morgan fingerprint density at radius 3 is 2.46 bits per heavy atom. The van der Waals surface area contributed by atoms with Gasteiger partial charge in [-0.25, -0.2) is 4.79 Å². The first-order valence-electron chi connectivity index (χ1n) is 8.65. The summed E-state index contributed by atoms with van der Waals surface area (Å²) >= 11 is 0. The summed E-state index contributed by atoms with van der Waals surface area (Å²) < 4.78 is 5.60. The number of carbonyl (C=O) groups is 1. The fraction of sp³-hybridized carbons (Fsp3) is 0.300. The highest BCUT2D eigenvalue weighted by Crippen LogP contribution is 2.26. The van der Waals surface area contributed by atoms with E-state index in [1.54, 1.807) is 30.3 Å². The summed E-state index contributed by atoms with van der Waals surface area (Å²) in [6.07, 6.45) is 1.82. The van der Waals surface area contributed by atoms with E-state index in [0.717, 1.165) is 18.4 Å². The van der Waals surface area contributed by atoms with Crippen LogP contribution in [0.1, 0.15) is 43.0 Å². The second-order valence-electron chi connectivity index (χ2n) is 6.00. The Labute approximate surface area is 153 Å². The molecule has 0 saturated carbocycles. The van der Waals surface area contributed by atoms with E-state index in [1.165, 1.54) is 0 Å². The Hall–Kier alpha value is -3.02. The molecule has 138 valence electrons. The van der Waals surface area contributed by atoms with Crippen molar-refractivity contribution >= 4 is 17.5 Å². The van der Waals surface area contributed by atoms with Gasteiger partial charge < -0.3 is 20.9 Å². The zero-order chi connectivity index (χ0) is 19.1. The number of aliphatic carboxylic acids is 1. The van der Waals surface area contributed by atoms with Crippen LogP contribution in [-0.2, 0) is 11.2 Å². The van der Waals surface area contributed by atoms with Gasteiger partial charge in [0.2, 0.25) is 0 Å². The van der Waals surface area contributed by atoms with Gasteiger partial charge in [0.15, 0.2) is 6.04 Å². The first-order chi connectivity index (χ1) is 12.4. The number of nitrogens with one attached hydrogen (secondary N) is 2. The summed E-state index contributed by atoms with van der Waals surface area (Å²) in [5.74, 6) is -0.329. The van der Waals surface area contributed by atoms with Gasteiger partial charge in [0.25, 0.3) is 0 Å². The van der Waals surface area contributed by atoms with Crippen molar-refractivity contribution < 1.29 is 14.6 Å². The van der Waals surface area contributed by atoms with Crippen LogP contribution in [0.4, 0.5) is 5.69 Å². The third-order valence-corrected chi connectivity index (χ3v) is 3.93. The summed E-state index contributed by atoms with van der Waals surface area (Å²) in [4.78, 5) is 11.9. The zero-order valence-electron chi connectivity index (χ0n) is 15.1. The number of carboxylic acids is 1. The smallest absolute Gasteiger partial charge is 0.330 e. The number of nitrogen functional groups attached to an aromatic ring is 1. The molecule has 0 spiro atoms. The summed E-state index contributed by atoms with van der Waals surface area (Å²) in [6, 6.07) is 11.5. The van der Waals surface area contributed by atoms with Crippen molar-refractivity contribution in [1.82, 2.24) is 0 Å². The fourth-order valence-electron chi connectivity index (χ4n) is 2.74. The monoisotopic (exact) mass is 355 g/mol. The predicted molar refractivity (Wildman–Crippen MR) is 103 cm³/mol. The second-order valence-corrected chi connectivity index (χ2v) is 6.00. The second kappa shape index (κ2) is 8.89. The van der Waals surface area contributed by atoms with Crippen molar-refractivity contribution in [2.45, 2.75) is 32.7 Å². The lowest BCUT2D eigenvalue weighted by Gasteiger charge is -2.19. The molecule has 6 heteroatoms. The van der Waals surface area contributed by atoms with Crippen LogP contribution in [-0.4, -0.2) is 23.5 Å². The van der Waals surface area contributed by atoms with Crippen molar-refractivity contribution in [3.8, 4) is 5.75 Å². The van der Waals surface area contributed by atoms with E-state index in [2.05, 4.69) is 12.2 Å². The van der Waals surface area contributed by atoms with Gasteiger partial charge in [-0.15, -0.1) is 0 Å². The van der Waals surface area contributed by atoms with E-state index in [4.69, 9.17) is 15.9 Å². The molecule has 1 atom stereocenters. The average molecular weight is 355 g/mol. The molecule has 0 heterocycles. The highest BCUT2D eigenvalue weighted by Gasteiger charge is 2.21. The predicted octanol–water partition coefficient (Wildman–Crippen LogP) is 3.56. The van der Waals surface area contributed by atoms with Gasteiger partial charge in [0.05, 0.1) is 6.61 Å². The number of carboxylic acid groups (broad SMARTS) is 1. The van der Waals surface area contributed by atoms with Crippen molar-refractivity contribution in [3.05, 3.63) is 59.2 Å². The first kappa shape index (κ1) is 19.3. The number of benzene rings is 2. The first-order valence-corrected chi connectivity index (χ1v) is 8.65. The van der Waals surface area contributed by atoms with Gasteiger partial charge in [-0.3, -0.25) is 5.41 Å². The molecule has 0 aromatic heterocycles. The summed E-state index contributed by atoms with van der Waals surface area (Å²) in [6.45, 7) is 4.50. The Balaban J connectivity index is 2.33. The molecule has 5 N–H and O–H groups in total. The quantitative estimate of drug-likeness (QED) is 0.406. The number of hydrogen-bond donors (Lipinski definition) is 4. The minimum absolute atomic E-state index is 0.0278. The van der Waals surface area contributed by atoms with Crippen molar-refractivity contribution in [1.29, 1.82) is 5.41 Å². The summed E-state index contributed by atoms with van der Waals surface area (Å²) in [5.41, 5.74) is 8.37. The lowest BCUT2D eigenvalue weighted by atomic mass is 10.0. The molecule has 0 fully saturated rings. The van der Waals surface area contributed by atoms with Gasteiger partial charge in [-0.2, -0.15) is 0 Å². The minimum Gasteiger partial charge on any atom is -0.494 e. The molecular formula is C20H25N3O3. The highest BCUT2D eigenvalue weighted by molar-refractivity contribution is 5.95. The maximum absolute atomic E-state index is 11.9. The SMILES string of the molecule is CCCc1cc(OCC)cc(C(Nc2ccc(C(=N)N)cc2)C(=O)O)c1. The average Bonchev–Trinajstić information content (AvgIpc) is 2.60. The summed E-state index contributed by atoms with van der Waals surface area (Å²) in [5, 5.41) is 20.2. The molecular weight excluding hydrogens is 330 g/mol. The molecule has 0 radical (unpaired) electrons. The molecule has 2 rings (SSSR count). The van der Waals surface area contributed by atoms with E-state index in [9.17, 15) is 9.90 Å². The molecule has 1 unspecified atom stereocenters. The maximum atomic E-state index is 11.9. The van der Waals surface area contributed by atoms with Crippen molar-refractivity contribution in [3.63, 3.8) is 0 Å². The van der Waals surface area contributed by atoms with Gasteiger partial charge in [-0.1, -0.05) is 19.4 Å². The van der Waals surface area contributed by atoms with E-state index in [-0.39, 0.29) is 5.84 Å². The largest absolute Gasteiger partial charge is 0.494 e. The molecule has 0 aliphatic heterocycles. The number of ether oxygens (including phenoxy) is 1. The lowest BCUT2D eigenvalue weighted by molar-refractivity contribution is -0.138. The molecule has 2 aromatic rings. The molecule has 0 saturated heterocycles. The standard InChI is InChI=1S/C20H25N3O3/c1-3-5-13-10-15(12-17(11-13)26-4-2)18(20(24)25)23-16-8-6-14(7-9-16)19(21)22/h6-12,18,23H,3-5H2,1-2H3,(H3,21,22)(H,24,25). The van der Waals surface area contributed by atoms with E-state index >= 15 is 0 Å². The summed E-state index contributed by atoms with van der Waals surface area (Å²) in [7, 11) is 0. The van der Waals surface area contributed by atoms with Gasteiger partial charge in [-0.05, 0) is 60.9 Å². The Kier molecular flexibility index (Phi) is 6.60. The normalized spacial score (nSPS) is 11.6. The number of hydrogen-bond acceptors (Lipinski definition) is 4. The lowest BCUT2D eigenvalue weighted by Crippen LogP contribution is -2.21.